The third-order valence-electron chi connectivity index (χ3n) is 2.90. The molecule has 0 aliphatic carbocycles. The first-order chi connectivity index (χ1) is 7.58. The first-order valence-corrected chi connectivity index (χ1v) is 8.03. The number of hydrogen-bond acceptors (Lipinski definition) is 2. The van der Waals surface area contributed by atoms with Crippen molar-refractivity contribution in [2.75, 3.05) is 13.2 Å². The van der Waals surface area contributed by atoms with Crippen LogP contribution in [0, 0.1) is 0 Å². The molecule has 16 heavy (non-hydrogen) atoms. The highest BCUT2D eigenvalue weighted by Crippen LogP contribution is 2.33. The zero-order valence-corrected chi connectivity index (χ0v) is 12.8. The molecular weight excluding hydrogens is 216 g/mol. The van der Waals surface area contributed by atoms with Crippen LogP contribution < -0.4 is 0 Å². The van der Waals surface area contributed by atoms with Crippen LogP contribution in [0.1, 0.15) is 66.7 Å². The summed E-state index contributed by atoms with van der Waals surface area (Å²) < 4.78 is 11.9. The van der Waals surface area contributed by atoms with Gasteiger partial charge in [0.05, 0.1) is 0 Å². The van der Waals surface area contributed by atoms with Gasteiger partial charge in [0, 0.05) is 18.3 Å². The molecule has 0 saturated carbocycles. The molecule has 0 aliphatic rings. The van der Waals surface area contributed by atoms with E-state index in [1.807, 2.05) is 0 Å². The molecule has 0 saturated heterocycles. The minimum absolute atomic E-state index is 0.214. The summed E-state index contributed by atoms with van der Waals surface area (Å²) in [7, 11) is -1.12. The first kappa shape index (κ1) is 16.1. The van der Waals surface area contributed by atoms with E-state index in [0.29, 0.717) is 0 Å². The monoisotopic (exact) mass is 245 g/mol. The lowest BCUT2D eigenvalue weighted by Crippen LogP contribution is -2.35. The van der Waals surface area contributed by atoms with Crippen molar-refractivity contribution < 1.29 is 8.85 Å². The maximum atomic E-state index is 5.96. The fraction of sp³-hybridized carbons (Fsp3) is 1.00. The van der Waals surface area contributed by atoms with Crippen molar-refractivity contribution >= 4 is 9.28 Å². The van der Waals surface area contributed by atoms with Crippen LogP contribution in [0.15, 0.2) is 0 Å². The van der Waals surface area contributed by atoms with Gasteiger partial charge in [-0.3, -0.25) is 0 Å². The smallest absolute Gasteiger partial charge is 0.390 e. The molecule has 0 N–H and O–H groups in total. The van der Waals surface area contributed by atoms with Crippen molar-refractivity contribution in [3.63, 3.8) is 0 Å². The van der Waals surface area contributed by atoms with Crippen LogP contribution >= 0.6 is 0 Å². The quantitative estimate of drug-likeness (QED) is 0.422. The van der Waals surface area contributed by atoms with Crippen molar-refractivity contribution in [2.24, 2.45) is 0 Å². The van der Waals surface area contributed by atoms with E-state index in [-0.39, 0.29) is 5.04 Å². The van der Waals surface area contributed by atoms with Gasteiger partial charge in [-0.15, -0.1) is 0 Å². The number of unbranched alkanes of at least 4 members (excludes halogenated alkanes) is 2. The predicted molar refractivity (Wildman–Crippen MR) is 71.8 cm³/mol. The van der Waals surface area contributed by atoms with Gasteiger partial charge in [-0.05, 0) is 19.3 Å². The molecule has 0 aromatic rings. The summed E-state index contributed by atoms with van der Waals surface area (Å²) in [6.07, 6.45) is 5.79. The summed E-state index contributed by atoms with van der Waals surface area (Å²) in [6, 6.07) is 0. The average Bonchev–Trinajstić information content (AvgIpc) is 2.27. The van der Waals surface area contributed by atoms with E-state index in [0.717, 1.165) is 32.5 Å². The summed E-state index contributed by atoms with van der Waals surface area (Å²) in [6.45, 7) is 12.9. The zero-order chi connectivity index (χ0) is 12.4. The molecule has 0 amide bonds. The van der Waals surface area contributed by atoms with Gasteiger partial charge in [-0.1, -0.05) is 47.5 Å². The lowest BCUT2D eigenvalue weighted by Gasteiger charge is -2.29. The van der Waals surface area contributed by atoms with Crippen LogP contribution in [0.25, 0.3) is 0 Å². The molecule has 3 heteroatoms. The van der Waals surface area contributed by atoms with Gasteiger partial charge >= 0.3 is 9.28 Å². The highest BCUT2D eigenvalue weighted by molar-refractivity contribution is 6.48. The summed E-state index contributed by atoms with van der Waals surface area (Å²) in [5.74, 6) is 0. The molecule has 0 aromatic carbocycles. The molecule has 0 rings (SSSR count). The van der Waals surface area contributed by atoms with E-state index in [2.05, 4.69) is 34.6 Å². The summed E-state index contributed by atoms with van der Waals surface area (Å²) in [5, 5.41) is 0.214. The van der Waals surface area contributed by atoms with Gasteiger partial charge in [0.25, 0.3) is 0 Å². The third kappa shape index (κ3) is 6.66. The molecule has 0 fully saturated rings. The van der Waals surface area contributed by atoms with Crippen LogP contribution in [0.4, 0.5) is 0 Å². The molecule has 0 unspecified atom stereocenters. The van der Waals surface area contributed by atoms with Crippen molar-refractivity contribution in [1.82, 2.24) is 0 Å². The zero-order valence-electron chi connectivity index (χ0n) is 11.8. The van der Waals surface area contributed by atoms with E-state index in [4.69, 9.17) is 8.85 Å². The maximum absolute atomic E-state index is 5.96. The van der Waals surface area contributed by atoms with E-state index in [9.17, 15) is 0 Å². The van der Waals surface area contributed by atoms with E-state index in [1.165, 1.54) is 12.8 Å². The molecule has 0 heterocycles. The Labute approximate surface area is 104 Å². The van der Waals surface area contributed by atoms with Crippen LogP contribution in [0.3, 0.4) is 0 Å². The van der Waals surface area contributed by atoms with Crippen LogP contribution in [-0.4, -0.2) is 22.5 Å². The highest BCUT2D eigenvalue weighted by atomic mass is 28.3. The molecule has 0 atom stereocenters. The van der Waals surface area contributed by atoms with Gasteiger partial charge in [0.1, 0.15) is 0 Å². The van der Waals surface area contributed by atoms with Gasteiger partial charge in [0.15, 0.2) is 0 Å². The van der Waals surface area contributed by atoms with E-state index >= 15 is 0 Å². The summed E-state index contributed by atoms with van der Waals surface area (Å²) in [5.41, 5.74) is 0. The Morgan fingerprint density at radius 1 is 0.875 bits per heavy atom. The topological polar surface area (TPSA) is 18.5 Å². The second-order valence-corrected chi connectivity index (χ2v) is 7.43. The van der Waals surface area contributed by atoms with Crippen LogP contribution in [0.5, 0.6) is 0 Å². The fourth-order valence-corrected chi connectivity index (χ4v) is 3.01. The largest absolute Gasteiger partial charge is 0.393 e. The molecule has 1 radical (unpaired) electrons. The number of rotatable bonds is 10. The van der Waals surface area contributed by atoms with Gasteiger partial charge in [-0.2, -0.15) is 0 Å². The molecule has 97 valence electrons. The Balaban J connectivity index is 4.05. The first-order valence-electron chi connectivity index (χ1n) is 6.71. The van der Waals surface area contributed by atoms with Gasteiger partial charge < -0.3 is 8.85 Å². The van der Waals surface area contributed by atoms with Gasteiger partial charge in [-0.25, -0.2) is 0 Å². The van der Waals surface area contributed by atoms with E-state index in [1.54, 1.807) is 0 Å². The molecule has 0 bridgehead atoms. The Hall–Kier alpha value is 0.137. The summed E-state index contributed by atoms with van der Waals surface area (Å²) >= 11 is 0. The lowest BCUT2D eigenvalue weighted by atomic mass is 10.1. The third-order valence-corrected chi connectivity index (χ3v) is 5.29. The molecular formula is C13H29O2Si. The predicted octanol–water partition coefficient (Wildman–Crippen LogP) is 4.30. The normalized spacial score (nSPS) is 12.4. The van der Waals surface area contributed by atoms with Crippen molar-refractivity contribution in [3.8, 4) is 0 Å². The second kappa shape index (κ2) is 9.20. The Bertz CT molecular complexity index is 150. The Morgan fingerprint density at radius 3 is 1.62 bits per heavy atom. The Morgan fingerprint density at radius 2 is 1.31 bits per heavy atom. The van der Waals surface area contributed by atoms with Crippen LogP contribution in [-0.2, 0) is 8.85 Å². The molecule has 0 aromatic heterocycles. The highest BCUT2D eigenvalue weighted by Gasteiger charge is 2.34. The van der Waals surface area contributed by atoms with Crippen molar-refractivity contribution in [2.45, 2.75) is 71.8 Å². The minimum Gasteiger partial charge on any atom is -0.393 e. The SMILES string of the molecule is CCCCO[Si](OCCCC)C(C)(C)CC. The standard InChI is InChI=1S/C13H29O2Si/c1-6-9-11-14-16(13(4,5)8-3)15-12-10-7-2/h6-12H2,1-5H3. The van der Waals surface area contributed by atoms with Crippen molar-refractivity contribution in [3.05, 3.63) is 0 Å². The van der Waals surface area contributed by atoms with Gasteiger partial charge in [0.2, 0.25) is 0 Å². The molecule has 2 nitrogen and oxygen atoms in total. The fourth-order valence-electron chi connectivity index (χ4n) is 1.20. The second-order valence-electron chi connectivity index (χ2n) is 4.93. The lowest BCUT2D eigenvalue weighted by molar-refractivity contribution is 0.169. The molecule has 0 spiro atoms. The maximum Gasteiger partial charge on any atom is 0.390 e. The number of hydrogen-bond donors (Lipinski definition) is 0. The average molecular weight is 245 g/mol. The Kier molecular flexibility index (Phi) is 9.28. The van der Waals surface area contributed by atoms with Crippen molar-refractivity contribution in [1.29, 1.82) is 0 Å². The van der Waals surface area contributed by atoms with Crippen LogP contribution in [0.2, 0.25) is 5.04 Å². The summed E-state index contributed by atoms with van der Waals surface area (Å²) in [4.78, 5) is 0. The minimum atomic E-state index is -1.12. The van der Waals surface area contributed by atoms with E-state index < -0.39 is 9.28 Å². The molecule has 0 aliphatic heterocycles.